The van der Waals surface area contributed by atoms with E-state index in [0.717, 1.165) is 77.6 Å². The Hall–Kier alpha value is -5.70. The first-order chi connectivity index (χ1) is 31.0. The number of aromatic hydroxyl groups is 1. The van der Waals surface area contributed by atoms with Crippen molar-refractivity contribution < 1.29 is 31.8 Å². The van der Waals surface area contributed by atoms with E-state index in [2.05, 4.69) is 203 Å². The van der Waals surface area contributed by atoms with Gasteiger partial charge in [0.2, 0.25) is 17.1 Å². The molecular weight excluding hydrogens is 823 g/mol. The number of fused-ring (bicyclic) bond motifs is 5. The fourth-order valence-corrected chi connectivity index (χ4v) is 11.1. The van der Waals surface area contributed by atoms with Gasteiger partial charge in [-0.15, -0.1) is 0 Å². The van der Waals surface area contributed by atoms with Crippen LogP contribution in [0.2, 0.25) is 0 Å². The number of benzene rings is 5. The molecule has 0 aliphatic carbocycles. The molecule has 65 heavy (non-hydrogen) atoms. The van der Waals surface area contributed by atoms with E-state index in [4.69, 9.17) is 0 Å². The Bertz CT molecular complexity index is 2880. The molecule has 5 aromatic rings. The summed E-state index contributed by atoms with van der Waals surface area (Å²) in [7, 11) is -4.13. The topological polar surface area (TPSA) is 83.6 Å². The predicted molar refractivity (Wildman–Crippen MR) is 271 cm³/mol. The molecule has 7 nitrogen and oxygen atoms in total. The monoisotopic (exact) mass is 888 g/mol. The second kappa shape index (κ2) is 17.9. The van der Waals surface area contributed by atoms with E-state index in [1.54, 1.807) is 0 Å². The molecule has 0 radical (unpaired) electrons. The number of phenols is 1. The molecule has 5 aromatic carbocycles. The summed E-state index contributed by atoms with van der Waals surface area (Å²) in [6.07, 6.45) is 17.4. The minimum Gasteiger partial charge on any atom is -0.507 e. The Kier molecular flexibility index (Phi) is 12.7. The van der Waals surface area contributed by atoms with Crippen molar-refractivity contribution in [2.75, 3.05) is 25.4 Å². The maximum Gasteiger partial charge on any atom is 0.265 e. The first-order valence-corrected chi connectivity index (χ1v) is 25.1. The summed E-state index contributed by atoms with van der Waals surface area (Å²) in [6.45, 7) is 20.3. The van der Waals surface area contributed by atoms with Gasteiger partial charge in [0.25, 0.3) is 10.1 Å². The molecule has 3 aliphatic heterocycles. The van der Waals surface area contributed by atoms with Crippen LogP contribution in [0.1, 0.15) is 121 Å². The van der Waals surface area contributed by atoms with Gasteiger partial charge in [-0.25, -0.2) is 0 Å². The standard InChI is InChI=1S/C57H64N3O4S/c1-9-11-34-58-47-24-17-15-22-45(47)55(3,4)50(58)32-28-42-38-40(39-43(54(42)61)29-33-51-56(5,6)46-23-16-18-25-48(46)59(51)35-12-10-2)26-31-52-57(7,8)53-44-21-14-13-20-41(44)27-30-49(53)60(52)36-19-37-65(62,63)64/h13-18,20-33,38-39H,9-12,19,34-37H2,1-8H3/q+1/p+2. The van der Waals surface area contributed by atoms with E-state index >= 15 is 0 Å². The Labute approximate surface area is 387 Å². The van der Waals surface area contributed by atoms with Gasteiger partial charge in [-0.05, 0) is 94.3 Å². The van der Waals surface area contributed by atoms with Crippen molar-refractivity contribution in [1.82, 2.24) is 0 Å². The Balaban J connectivity index is 1.27. The lowest BCUT2D eigenvalue weighted by molar-refractivity contribution is -0.438. The Morgan fingerprint density at radius 1 is 0.538 bits per heavy atom. The minimum atomic E-state index is -4.13. The molecule has 3 aliphatic rings. The van der Waals surface area contributed by atoms with E-state index in [9.17, 15) is 18.1 Å². The van der Waals surface area contributed by atoms with Crippen molar-refractivity contribution >= 4 is 73.3 Å². The number of unbranched alkanes of at least 4 members (excludes halogenated alkanes) is 2. The van der Waals surface area contributed by atoms with Gasteiger partial charge in [-0.3, -0.25) is 4.55 Å². The Morgan fingerprint density at radius 2 is 1.00 bits per heavy atom. The van der Waals surface area contributed by atoms with Gasteiger partial charge < -0.3 is 5.11 Å². The lowest BCUT2D eigenvalue weighted by atomic mass is 9.79. The second-order valence-electron chi connectivity index (χ2n) is 19.6. The molecule has 3 heterocycles. The summed E-state index contributed by atoms with van der Waals surface area (Å²) < 4.78 is 40.6. The number of hydrogen-bond donors (Lipinski definition) is 2. The van der Waals surface area contributed by atoms with E-state index < -0.39 is 15.5 Å². The van der Waals surface area contributed by atoms with Gasteiger partial charge in [-0.1, -0.05) is 87.4 Å². The molecule has 336 valence electrons. The number of nitrogens with zero attached hydrogens (tertiary/aromatic N) is 3. The lowest BCUT2D eigenvalue weighted by Crippen LogP contribution is -2.28. The molecule has 0 unspecified atom stereocenters. The van der Waals surface area contributed by atoms with E-state index in [1.165, 1.54) is 39.5 Å². The summed E-state index contributed by atoms with van der Waals surface area (Å²) in [5.41, 5.74) is 12.2. The molecule has 0 spiro atoms. The van der Waals surface area contributed by atoms with Gasteiger partial charge in [-0.2, -0.15) is 22.1 Å². The largest absolute Gasteiger partial charge is 0.507 e. The molecule has 2 N–H and O–H groups in total. The van der Waals surface area contributed by atoms with Crippen LogP contribution in [-0.2, 0) is 26.4 Å². The maximum absolute atomic E-state index is 12.3. The first-order valence-electron chi connectivity index (χ1n) is 23.5. The summed E-state index contributed by atoms with van der Waals surface area (Å²) in [4.78, 5) is 0. The number of hydrogen-bond acceptors (Lipinski definition) is 3. The van der Waals surface area contributed by atoms with Gasteiger partial charge in [0.05, 0.1) is 22.0 Å². The van der Waals surface area contributed by atoms with Crippen LogP contribution in [0.3, 0.4) is 0 Å². The second-order valence-corrected chi connectivity index (χ2v) is 21.2. The molecule has 0 aromatic heterocycles. The zero-order valence-electron chi connectivity index (χ0n) is 39.5. The smallest absolute Gasteiger partial charge is 0.265 e. The summed E-state index contributed by atoms with van der Waals surface area (Å²) >= 11 is 0. The van der Waals surface area contributed by atoms with Gasteiger partial charge in [0.1, 0.15) is 25.4 Å². The van der Waals surface area contributed by atoms with Crippen molar-refractivity contribution in [1.29, 1.82) is 0 Å². The van der Waals surface area contributed by atoms with Crippen LogP contribution in [0.15, 0.2) is 115 Å². The molecule has 0 saturated carbocycles. The van der Waals surface area contributed by atoms with Crippen LogP contribution in [0.4, 0.5) is 17.1 Å². The third kappa shape index (κ3) is 8.63. The predicted octanol–water partition coefficient (Wildman–Crippen LogP) is 12.7. The van der Waals surface area contributed by atoms with Crippen molar-refractivity contribution in [3.05, 3.63) is 149 Å². The zero-order valence-corrected chi connectivity index (χ0v) is 40.3. The normalized spacial score (nSPS) is 17.4. The summed E-state index contributed by atoms with van der Waals surface area (Å²) in [6, 6.07) is 34.2. The summed E-state index contributed by atoms with van der Waals surface area (Å²) in [5, 5.41) is 14.6. The zero-order chi connectivity index (χ0) is 46.3. The number of rotatable bonds is 16. The minimum absolute atomic E-state index is 0.220. The SMILES string of the molecule is CCCC[N+]1=C(/C=C/c2cc(/C=C/C3=[N+](CCCS(=O)(=O)O)c4ccc5ccccc5c4C3(C)C)cc(/C=C/C3=[N+](CCCC)c4ccccc4C3(C)C)c2O)C(C)(C)c2ccccc21. The number of phenolic OH excluding ortho intramolecular Hbond substituents is 1. The molecule has 0 saturated heterocycles. The molecule has 0 bridgehead atoms. The van der Waals surface area contributed by atoms with Crippen LogP contribution in [-0.4, -0.2) is 74.3 Å². The van der Waals surface area contributed by atoms with Gasteiger partial charge >= 0.3 is 0 Å². The van der Waals surface area contributed by atoms with E-state index in [1.807, 2.05) is 0 Å². The molecule has 0 fully saturated rings. The van der Waals surface area contributed by atoms with Gasteiger partial charge in [0, 0.05) is 83.5 Å². The maximum atomic E-state index is 12.3. The van der Waals surface area contributed by atoms with Crippen LogP contribution < -0.4 is 0 Å². The molecule has 0 atom stereocenters. The third-order valence-corrected chi connectivity index (χ3v) is 14.9. The van der Waals surface area contributed by atoms with Crippen LogP contribution in [0.5, 0.6) is 5.75 Å². The molecule has 0 amide bonds. The highest BCUT2D eigenvalue weighted by atomic mass is 32.2. The fraction of sp³-hybridized carbons (Fsp3) is 0.351. The third-order valence-electron chi connectivity index (χ3n) is 14.1. The van der Waals surface area contributed by atoms with Crippen molar-refractivity contribution in [3.63, 3.8) is 0 Å². The highest BCUT2D eigenvalue weighted by molar-refractivity contribution is 7.85. The number of para-hydroxylation sites is 2. The molecule has 8 rings (SSSR count). The van der Waals surface area contributed by atoms with Crippen molar-refractivity contribution in [2.24, 2.45) is 0 Å². The Morgan fingerprint density at radius 3 is 1.54 bits per heavy atom. The average Bonchev–Trinajstić information content (AvgIpc) is 3.73. The van der Waals surface area contributed by atoms with Crippen molar-refractivity contribution in [2.45, 2.75) is 104 Å². The van der Waals surface area contributed by atoms with Crippen LogP contribution in [0, 0.1) is 0 Å². The van der Waals surface area contributed by atoms with Crippen LogP contribution in [0.25, 0.3) is 29.0 Å². The van der Waals surface area contributed by atoms with E-state index in [-0.39, 0.29) is 28.8 Å². The summed E-state index contributed by atoms with van der Waals surface area (Å²) in [5.74, 6) is -0.0990. The molecular formula is C57H66N3O4S+3. The lowest BCUT2D eigenvalue weighted by Gasteiger charge is -2.17. The number of allylic oxidation sites excluding steroid dienone is 3. The van der Waals surface area contributed by atoms with Crippen molar-refractivity contribution in [3.8, 4) is 5.75 Å². The van der Waals surface area contributed by atoms with Crippen LogP contribution >= 0.6 is 0 Å². The highest BCUT2D eigenvalue weighted by Crippen LogP contribution is 2.45. The first kappa shape index (κ1) is 45.9. The quantitative estimate of drug-likeness (QED) is 0.0764. The average molecular weight is 889 g/mol. The van der Waals surface area contributed by atoms with E-state index in [0.29, 0.717) is 6.54 Å². The van der Waals surface area contributed by atoms with Gasteiger partial charge in [0.15, 0.2) is 17.1 Å². The fourth-order valence-electron chi connectivity index (χ4n) is 10.6. The molecule has 8 heteroatoms. The highest BCUT2D eigenvalue weighted by Gasteiger charge is 2.47.